The van der Waals surface area contributed by atoms with Crippen LogP contribution in [0.2, 0.25) is 0 Å². The van der Waals surface area contributed by atoms with Crippen LogP contribution in [0.5, 0.6) is 0 Å². The molecule has 1 N–H and O–H groups in total. The summed E-state index contributed by atoms with van der Waals surface area (Å²) in [5.41, 5.74) is 2.51. The molecule has 94 valence electrons. The van der Waals surface area contributed by atoms with E-state index in [0.717, 1.165) is 6.42 Å². The maximum Gasteiger partial charge on any atom is 0.327 e. The summed E-state index contributed by atoms with van der Waals surface area (Å²) >= 11 is 0. The molecular formula is C14H17N3O. The fourth-order valence-corrected chi connectivity index (χ4v) is 1.88. The number of aromatic nitrogens is 2. The van der Waals surface area contributed by atoms with E-state index in [-0.39, 0.29) is 12.1 Å². The Bertz CT molecular complexity index is 520. The maximum atomic E-state index is 11.8. The molecule has 0 fully saturated rings. The van der Waals surface area contributed by atoms with E-state index in [2.05, 4.69) is 29.4 Å². The first kappa shape index (κ1) is 12.4. The Morgan fingerprint density at radius 1 is 1.44 bits per heavy atom. The molecule has 4 nitrogen and oxygen atoms in total. The van der Waals surface area contributed by atoms with Crippen molar-refractivity contribution in [2.45, 2.75) is 26.3 Å². The number of nitrogens with zero attached hydrogens (tertiary/aromatic N) is 2. The summed E-state index contributed by atoms with van der Waals surface area (Å²) in [4.78, 5) is 15.7. The number of carbonyl (C=O) groups is 1. The Labute approximate surface area is 107 Å². The van der Waals surface area contributed by atoms with Crippen molar-refractivity contribution < 1.29 is 4.79 Å². The third kappa shape index (κ3) is 2.97. The van der Waals surface area contributed by atoms with E-state index in [9.17, 15) is 4.79 Å². The molecular weight excluding hydrogens is 226 g/mol. The van der Waals surface area contributed by atoms with Crippen LogP contribution in [0.1, 0.15) is 18.1 Å². The van der Waals surface area contributed by atoms with Gasteiger partial charge in [0.25, 0.3) is 0 Å². The van der Waals surface area contributed by atoms with Crippen LogP contribution in [0.4, 0.5) is 4.79 Å². The molecule has 0 aliphatic heterocycles. The van der Waals surface area contributed by atoms with Crippen molar-refractivity contribution in [1.29, 1.82) is 0 Å². The van der Waals surface area contributed by atoms with Crippen LogP contribution in [0.3, 0.4) is 0 Å². The normalized spacial score (nSPS) is 12.1. The fraction of sp³-hybridized carbons (Fsp3) is 0.286. The number of amides is 1. The third-order valence-corrected chi connectivity index (χ3v) is 2.90. The van der Waals surface area contributed by atoms with Gasteiger partial charge in [-0.25, -0.2) is 9.78 Å². The molecule has 18 heavy (non-hydrogen) atoms. The number of rotatable bonds is 3. The molecule has 0 saturated heterocycles. The molecule has 0 bridgehead atoms. The lowest BCUT2D eigenvalue weighted by Crippen LogP contribution is -2.36. The van der Waals surface area contributed by atoms with Gasteiger partial charge >= 0.3 is 6.03 Å². The SMILES string of the molecule is Cc1ccccc1CC(C)NC(=O)n1ccnc1. The summed E-state index contributed by atoms with van der Waals surface area (Å²) in [7, 11) is 0. The summed E-state index contributed by atoms with van der Waals surface area (Å²) in [5, 5.41) is 2.94. The molecule has 1 atom stereocenters. The molecule has 4 heteroatoms. The highest BCUT2D eigenvalue weighted by Crippen LogP contribution is 2.09. The molecule has 0 aliphatic carbocycles. The van der Waals surface area contributed by atoms with Crippen LogP contribution in [-0.2, 0) is 6.42 Å². The molecule has 0 saturated carbocycles. The lowest BCUT2D eigenvalue weighted by Gasteiger charge is -2.15. The van der Waals surface area contributed by atoms with Gasteiger partial charge in [-0.15, -0.1) is 0 Å². The van der Waals surface area contributed by atoms with Crippen molar-refractivity contribution in [2.75, 3.05) is 0 Å². The second-order valence-corrected chi connectivity index (χ2v) is 4.45. The van der Waals surface area contributed by atoms with Gasteiger partial charge < -0.3 is 5.32 Å². The molecule has 1 amide bonds. The number of hydrogen-bond acceptors (Lipinski definition) is 2. The molecule has 2 aromatic rings. The van der Waals surface area contributed by atoms with E-state index in [4.69, 9.17) is 0 Å². The minimum atomic E-state index is -0.145. The predicted molar refractivity (Wildman–Crippen MR) is 70.5 cm³/mol. The van der Waals surface area contributed by atoms with Gasteiger partial charge in [-0.3, -0.25) is 4.57 Å². The molecule has 1 aromatic carbocycles. The second-order valence-electron chi connectivity index (χ2n) is 4.45. The van der Waals surface area contributed by atoms with Crippen LogP contribution in [0.15, 0.2) is 43.0 Å². The number of nitrogens with one attached hydrogen (secondary N) is 1. The van der Waals surface area contributed by atoms with Crippen LogP contribution < -0.4 is 5.32 Å². The molecule has 0 aliphatic rings. The third-order valence-electron chi connectivity index (χ3n) is 2.90. The quantitative estimate of drug-likeness (QED) is 0.899. The van der Waals surface area contributed by atoms with Gasteiger partial charge in [0.05, 0.1) is 0 Å². The molecule has 1 aromatic heterocycles. The van der Waals surface area contributed by atoms with E-state index in [1.807, 2.05) is 19.1 Å². The maximum absolute atomic E-state index is 11.8. The molecule has 0 radical (unpaired) electrons. The van der Waals surface area contributed by atoms with Crippen LogP contribution in [-0.4, -0.2) is 21.6 Å². The largest absolute Gasteiger partial charge is 0.335 e. The first-order chi connectivity index (χ1) is 8.66. The Kier molecular flexibility index (Phi) is 3.77. The van der Waals surface area contributed by atoms with Crippen LogP contribution in [0.25, 0.3) is 0 Å². The van der Waals surface area contributed by atoms with Crippen LogP contribution >= 0.6 is 0 Å². The first-order valence-corrected chi connectivity index (χ1v) is 6.00. The van der Waals surface area contributed by atoms with E-state index < -0.39 is 0 Å². The van der Waals surface area contributed by atoms with E-state index in [1.165, 1.54) is 22.0 Å². The number of carbonyl (C=O) groups excluding carboxylic acids is 1. The lowest BCUT2D eigenvalue weighted by atomic mass is 10.0. The van der Waals surface area contributed by atoms with Crippen molar-refractivity contribution in [3.05, 3.63) is 54.1 Å². The van der Waals surface area contributed by atoms with Gasteiger partial charge in [0.1, 0.15) is 6.33 Å². The van der Waals surface area contributed by atoms with Gasteiger partial charge in [-0.1, -0.05) is 24.3 Å². The van der Waals surface area contributed by atoms with Crippen molar-refractivity contribution >= 4 is 6.03 Å². The van der Waals surface area contributed by atoms with E-state index in [0.29, 0.717) is 0 Å². The van der Waals surface area contributed by atoms with Gasteiger partial charge in [0, 0.05) is 18.4 Å². The van der Waals surface area contributed by atoms with Gasteiger partial charge in [0.15, 0.2) is 0 Å². The Morgan fingerprint density at radius 2 is 2.22 bits per heavy atom. The van der Waals surface area contributed by atoms with Crippen molar-refractivity contribution in [3.63, 3.8) is 0 Å². The highest BCUT2D eigenvalue weighted by molar-refractivity contribution is 5.76. The van der Waals surface area contributed by atoms with Crippen molar-refractivity contribution in [3.8, 4) is 0 Å². The lowest BCUT2D eigenvalue weighted by molar-refractivity contribution is 0.239. The Hall–Kier alpha value is -2.10. The standard InChI is InChI=1S/C14H17N3O/c1-11-5-3-4-6-13(11)9-12(2)16-14(18)17-8-7-15-10-17/h3-8,10,12H,9H2,1-2H3,(H,16,18). The summed E-state index contributed by atoms with van der Waals surface area (Å²) < 4.78 is 1.44. The van der Waals surface area contributed by atoms with Gasteiger partial charge in [-0.2, -0.15) is 0 Å². The summed E-state index contributed by atoms with van der Waals surface area (Å²) in [5.74, 6) is 0. The molecule has 2 rings (SSSR count). The Morgan fingerprint density at radius 3 is 2.89 bits per heavy atom. The highest BCUT2D eigenvalue weighted by atomic mass is 16.2. The average molecular weight is 243 g/mol. The number of hydrogen-bond donors (Lipinski definition) is 1. The molecule has 0 spiro atoms. The monoisotopic (exact) mass is 243 g/mol. The Balaban J connectivity index is 1.95. The minimum absolute atomic E-state index is 0.0843. The zero-order valence-electron chi connectivity index (χ0n) is 10.6. The summed E-state index contributed by atoms with van der Waals surface area (Å²) in [6, 6.07) is 8.16. The number of aryl methyl sites for hydroxylation is 1. The molecule has 1 heterocycles. The summed E-state index contributed by atoms with van der Waals surface area (Å²) in [6.07, 6.45) is 5.55. The first-order valence-electron chi connectivity index (χ1n) is 6.00. The van der Waals surface area contributed by atoms with E-state index in [1.54, 1.807) is 12.4 Å². The zero-order chi connectivity index (χ0) is 13.0. The second kappa shape index (κ2) is 5.49. The topological polar surface area (TPSA) is 46.9 Å². The smallest absolute Gasteiger partial charge is 0.327 e. The minimum Gasteiger partial charge on any atom is -0.335 e. The average Bonchev–Trinajstić information content (AvgIpc) is 2.85. The number of benzene rings is 1. The number of imidazole rings is 1. The zero-order valence-corrected chi connectivity index (χ0v) is 10.6. The van der Waals surface area contributed by atoms with Gasteiger partial charge in [-0.05, 0) is 31.4 Å². The summed E-state index contributed by atoms with van der Waals surface area (Å²) in [6.45, 7) is 4.08. The van der Waals surface area contributed by atoms with E-state index >= 15 is 0 Å². The predicted octanol–water partition coefficient (Wildman–Crippen LogP) is 2.38. The van der Waals surface area contributed by atoms with Crippen molar-refractivity contribution in [1.82, 2.24) is 14.9 Å². The van der Waals surface area contributed by atoms with Gasteiger partial charge in [0.2, 0.25) is 0 Å². The highest BCUT2D eigenvalue weighted by Gasteiger charge is 2.10. The van der Waals surface area contributed by atoms with Crippen LogP contribution in [0, 0.1) is 6.92 Å². The fourth-order valence-electron chi connectivity index (χ4n) is 1.88. The van der Waals surface area contributed by atoms with Crippen molar-refractivity contribution in [2.24, 2.45) is 0 Å². The molecule has 1 unspecified atom stereocenters.